The normalized spacial score (nSPS) is 16.4. The Morgan fingerprint density at radius 1 is 0.771 bits per heavy atom. The van der Waals surface area contributed by atoms with Gasteiger partial charge in [0.25, 0.3) is 5.91 Å². The van der Waals surface area contributed by atoms with Crippen molar-refractivity contribution >= 4 is 52.5 Å². The molecule has 0 bridgehead atoms. The second-order valence-corrected chi connectivity index (χ2v) is 12.1. The van der Waals surface area contributed by atoms with Crippen molar-refractivity contribution in [3.8, 4) is 0 Å². The SMILES string of the molecule is CCN(CC)CCNC(=O)c1ccc(NC(=S)Nc2ccc(CC3CN(CC(=O)O)CCN(CC(=O)O)CCN3CC(=O)O)cc2)cc1. The molecule has 15 heteroatoms. The van der Waals surface area contributed by atoms with Gasteiger partial charge >= 0.3 is 17.9 Å². The molecule has 0 aliphatic carbocycles. The maximum atomic E-state index is 12.5. The van der Waals surface area contributed by atoms with E-state index in [1.54, 1.807) is 39.0 Å². The maximum absolute atomic E-state index is 12.5. The van der Waals surface area contributed by atoms with E-state index in [-0.39, 0.29) is 31.6 Å². The molecule has 0 spiro atoms. The highest BCUT2D eigenvalue weighted by Gasteiger charge is 2.28. The van der Waals surface area contributed by atoms with Gasteiger partial charge in [-0.25, -0.2) is 0 Å². The van der Waals surface area contributed by atoms with Crippen LogP contribution in [0.25, 0.3) is 0 Å². The van der Waals surface area contributed by atoms with E-state index in [0.717, 1.165) is 36.6 Å². The van der Waals surface area contributed by atoms with E-state index in [1.807, 2.05) is 24.3 Å². The van der Waals surface area contributed by atoms with Gasteiger partial charge in [-0.1, -0.05) is 26.0 Å². The minimum absolute atomic E-state index is 0.134. The molecule has 0 saturated carbocycles. The summed E-state index contributed by atoms with van der Waals surface area (Å²) < 4.78 is 0. The Morgan fingerprint density at radius 2 is 1.29 bits per heavy atom. The molecule has 3 rings (SSSR count). The molecular formula is C33H47N7O7S. The summed E-state index contributed by atoms with van der Waals surface area (Å²) in [6.07, 6.45) is 0.459. The highest BCUT2D eigenvalue weighted by atomic mass is 32.1. The van der Waals surface area contributed by atoms with Crippen molar-refractivity contribution in [3.63, 3.8) is 0 Å². The summed E-state index contributed by atoms with van der Waals surface area (Å²) in [7, 11) is 0. The van der Waals surface area contributed by atoms with E-state index in [1.165, 1.54) is 0 Å². The number of nitrogens with one attached hydrogen (secondary N) is 3. The molecule has 1 amide bonds. The molecule has 1 fully saturated rings. The molecule has 0 aromatic heterocycles. The van der Waals surface area contributed by atoms with Crippen LogP contribution in [0.3, 0.4) is 0 Å². The van der Waals surface area contributed by atoms with Gasteiger partial charge in [-0.3, -0.25) is 33.9 Å². The number of nitrogens with zero attached hydrogens (tertiary/aromatic N) is 4. The van der Waals surface area contributed by atoms with Crippen LogP contribution in [-0.2, 0) is 20.8 Å². The Hall–Kier alpha value is -4.15. The summed E-state index contributed by atoms with van der Waals surface area (Å²) in [5.41, 5.74) is 2.92. The number of carboxylic acids is 3. The summed E-state index contributed by atoms with van der Waals surface area (Å²) in [4.78, 5) is 54.7. The van der Waals surface area contributed by atoms with Crippen LogP contribution >= 0.6 is 12.2 Å². The number of likely N-dealkylation sites (N-methyl/N-ethyl adjacent to an activating group) is 1. The second-order valence-electron chi connectivity index (χ2n) is 11.7. The van der Waals surface area contributed by atoms with E-state index < -0.39 is 17.9 Å². The van der Waals surface area contributed by atoms with Crippen molar-refractivity contribution < 1.29 is 34.5 Å². The number of carbonyl (C=O) groups excluding carboxylic acids is 1. The van der Waals surface area contributed by atoms with Crippen molar-refractivity contribution in [3.05, 3.63) is 59.7 Å². The molecule has 1 atom stereocenters. The average Bonchev–Trinajstić information content (AvgIpc) is 3.10. The fourth-order valence-corrected chi connectivity index (χ4v) is 5.81. The summed E-state index contributed by atoms with van der Waals surface area (Å²) in [5.74, 6) is -3.16. The largest absolute Gasteiger partial charge is 0.480 e. The lowest BCUT2D eigenvalue weighted by Gasteiger charge is -2.33. The minimum atomic E-state index is -1.02. The highest BCUT2D eigenvalue weighted by Crippen LogP contribution is 2.17. The monoisotopic (exact) mass is 685 g/mol. The molecule has 0 radical (unpaired) electrons. The molecule has 1 saturated heterocycles. The number of thiocarbonyl (C=S) groups is 1. The average molecular weight is 686 g/mol. The molecular weight excluding hydrogens is 638 g/mol. The number of carbonyl (C=O) groups is 4. The molecule has 262 valence electrons. The molecule has 1 unspecified atom stereocenters. The number of carboxylic acid groups (broad SMARTS) is 3. The van der Waals surface area contributed by atoms with Crippen LogP contribution in [0.1, 0.15) is 29.8 Å². The maximum Gasteiger partial charge on any atom is 0.317 e. The van der Waals surface area contributed by atoms with Crippen molar-refractivity contribution in [2.45, 2.75) is 26.3 Å². The number of amides is 1. The van der Waals surface area contributed by atoms with Gasteiger partial charge in [0, 0.05) is 68.8 Å². The summed E-state index contributed by atoms with van der Waals surface area (Å²) in [6, 6.07) is 14.2. The van der Waals surface area contributed by atoms with E-state index in [0.29, 0.717) is 56.4 Å². The third kappa shape index (κ3) is 13.5. The molecule has 2 aromatic rings. The van der Waals surface area contributed by atoms with Crippen LogP contribution in [0.15, 0.2) is 48.5 Å². The van der Waals surface area contributed by atoms with Crippen molar-refractivity contribution in [1.29, 1.82) is 0 Å². The molecule has 14 nitrogen and oxygen atoms in total. The lowest BCUT2D eigenvalue weighted by atomic mass is 10.0. The standard InChI is InChI=1S/C33H47N7O7S/c1-3-37(4-2)14-13-34-32(47)25-7-11-27(12-8-25)36-33(48)35-26-9-5-24(6-10-26)19-28-20-39(22-30(43)44)16-15-38(21-29(41)42)17-18-40(28)23-31(45)46/h5-12,28H,3-4,13-23H2,1-2H3,(H,34,47)(H,41,42)(H,43,44)(H,45,46)(H2,35,36,48). The van der Waals surface area contributed by atoms with Crippen LogP contribution in [0.5, 0.6) is 0 Å². The van der Waals surface area contributed by atoms with Crippen LogP contribution in [0.2, 0.25) is 0 Å². The van der Waals surface area contributed by atoms with E-state index in [9.17, 15) is 34.5 Å². The summed E-state index contributed by atoms with van der Waals surface area (Å²) in [6.45, 7) is 8.40. The van der Waals surface area contributed by atoms with E-state index in [2.05, 4.69) is 34.7 Å². The van der Waals surface area contributed by atoms with Gasteiger partial charge in [-0.15, -0.1) is 0 Å². The third-order valence-electron chi connectivity index (χ3n) is 8.17. The van der Waals surface area contributed by atoms with Crippen LogP contribution in [-0.4, -0.2) is 148 Å². The van der Waals surface area contributed by atoms with Gasteiger partial charge < -0.3 is 36.2 Å². The lowest BCUT2D eigenvalue weighted by Crippen LogP contribution is -2.49. The molecule has 1 aliphatic rings. The van der Waals surface area contributed by atoms with Crippen LogP contribution < -0.4 is 16.0 Å². The summed E-state index contributed by atoms with van der Waals surface area (Å²) in [5, 5.41) is 38.0. The van der Waals surface area contributed by atoms with E-state index >= 15 is 0 Å². The Bertz CT molecular complexity index is 1370. The molecule has 1 aliphatic heterocycles. The molecule has 48 heavy (non-hydrogen) atoms. The Labute approximate surface area is 286 Å². The number of benzene rings is 2. The first kappa shape index (κ1) is 38.3. The van der Waals surface area contributed by atoms with Crippen molar-refractivity contribution in [2.24, 2.45) is 0 Å². The van der Waals surface area contributed by atoms with Gasteiger partial charge in [0.2, 0.25) is 0 Å². The van der Waals surface area contributed by atoms with Gasteiger partial charge in [0.05, 0.1) is 19.6 Å². The number of hydrogen-bond acceptors (Lipinski definition) is 9. The Kier molecular flexibility index (Phi) is 15.7. The topological polar surface area (TPSA) is 178 Å². The van der Waals surface area contributed by atoms with Crippen LogP contribution in [0.4, 0.5) is 11.4 Å². The Balaban J connectivity index is 1.61. The fourth-order valence-electron chi connectivity index (χ4n) is 5.58. The zero-order chi connectivity index (χ0) is 35.1. The minimum Gasteiger partial charge on any atom is -0.480 e. The lowest BCUT2D eigenvalue weighted by molar-refractivity contribution is -0.140. The predicted molar refractivity (Wildman–Crippen MR) is 188 cm³/mol. The van der Waals surface area contributed by atoms with E-state index in [4.69, 9.17) is 12.2 Å². The molecule has 6 N–H and O–H groups in total. The zero-order valence-electron chi connectivity index (χ0n) is 27.6. The highest BCUT2D eigenvalue weighted by molar-refractivity contribution is 7.80. The third-order valence-corrected chi connectivity index (χ3v) is 8.38. The molecule has 1 heterocycles. The summed E-state index contributed by atoms with van der Waals surface area (Å²) >= 11 is 5.49. The van der Waals surface area contributed by atoms with Crippen LogP contribution in [0, 0.1) is 0 Å². The second kappa shape index (κ2) is 19.6. The van der Waals surface area contributed by atoms with Gasteiger partial charge in [-0.05, 0) is 73.7 Å². The Morgan fingerprint density at radius 3 is 1.85 bits per heavy atom. The first-order chi connectivity index (χ1) is 22.9. The van der Waals surface area contributed by atoms with Gasteiger partial charge in [0.15, 0.2) is 5.11 Å². The van der Waals surface area contributed by atoms with Crippen molar-refractivity contribution in [1.82, 2.24) is 24.9 Å². The first-order valence-corrected chi connectivity index (χ1v) is 16.5. The number of rotatable bonds is 16. The zero-order valence-corrected chi connectivity index (χ0v) is 28.4. The van der Waals surface area contributed by atoms with Gasteiger partial charge in [0.1, 0.15) is 0 Å². The fraction of sp³-hybridized carbons (Fsp3) is 0.485. The first-order valence-electron chi connectivity index (χ1n) is 16.1. The van der Waals surface area contributed by atoms with Crippen molar-refractivity contribution in [2.75, 3.05) is 89.2 Å². The quantitative estimate of drug-likeness (QED) is 0.141. The number of hydrogen-bond donors (Lipinski definition) is 6. The smallest absolute Gasteiger partial charge is 0.317 e. The molecule has 2 aromatic carbocycles. The number of aliphatic carboxylic acids is 3. The predicted octanol–water partition coefficient (Wildman–Crippen LogP) is 1.65. The van der Waals surface area contributed by atoms with Gasteiger partial charge in [-0.2, -0.15) is 0 Å². The number of anilines is 2.